The van der Waals surface area contributed by atoms with Crippen molar-refractivity contribution in [2.75, 3.05) is 13.1 Å². The SMILES string of the molecule is O=C(O)N1CCc2nc3cc(C#Cc4ccccn4)ccc3c(=O)n2CC1. The highest BCUT2D eigenvalue weighted by molar-refractivity contribution is 5.79. The molecule has 27 heavy (non-hydrogen) atoms. The Morgan fingerprint density at radius 1 is 1.11 bits per heavy atom. The average molecular weight is 360 g/mol. The van der Waals surface area contributed by atoms with Gasteiger partial charge in [-0.25, -0.2) is 14.8 Å². The van der Waals surface area contributed by atoms with Crippen LogP contribution in [0.15, 0.2) is 47.4 Å². The second-order valence-electron chi connectivity index (χ2n) is 6.20. The number of benzene rings is 1. The van der Waals surface area contributed by atoms with Gasteiger partial charge in [0.2, 0.25) is 0 Å². The monoisotopic (exact) mass is 360 g/mol. The predicted molar refractivity (Wildman–Crippen MR) is 99.5 cm³/mol. The van der Waals surface area contributed by atoms with Crippen LogP contribution < -0.4 is 5.56 Å². The van der Waals surface area contributed by atoms with Gasteiger partial charge in [-0.1, -0.05) is 12.0 Å². The van der Waals surface area contributed by atoms with Crippen molar-refractivity contribution < 1.29 is 9.90 Å². The van der Waals surface area contributed by atoms with Crippen LogP contribution in [0.1, 0.15) is 17.1 Å². The second kappa shape index (κ2) is 6.92. The van der Waals surface area contributed by atoms with Gasteiger partial charge in [-0.05, 0) is 36.3 Å². The summed E-state index contributed by atoms with van der Waals surface area (Å²) in [5.74, 6) is 6.63. The van der Waals surface area contributed by atoms with Crippen LogP contribution in [-0.2, 0) is 13.0 Å². The summed E-state index contributed by atoms with van der Waals surface area (Å²) in [6.07, 6.45) is 1.11. The number of carbonyl (C=O) groups is 1. The fourth-order valence-corrected chi connectivity index (χ4v) is 3.10. The van der Waals surface area contributed by atoms with Crippen LogP contribution in [0.4, 0.5) is 4.79 Å². The van der Waals surface area contributed by atoms with Gasteiger partial charge in [-0.2, -0.15) is 0 Å². The molecule has 0 fully saturated rings. The highest BCUT2D eigenvalue weighted by atomic mass is 16.4. The van der Waals surface area contributed by atoms with E-state index in [4.69, 9.17) is 0 Å². The van der Waals surface area contributed by atoms with Crippen LogP contribution in [0.25, 0.3) is 10.9 Å². The molecule has 3 aromatic rings. The Kier molecular flexibility index (Phi) is 4.30. The maximum Gasteiger partial charge on any atom is 0.407 e. The van der Waals surface area contributed by atoms with Crippen molar-refractivity contribution in [1.82, 2.24) is 19.4 Å². The summed E-state index contributed by atoms with van der Waals surface area (Å²) in [4.78, 5) is 34.1. The topological polar surface area (TPSA) is 88.3 Å². The summed E-state index contributed by atoms with van der Waals surface area (Å²) in [5, 5.41) is 9.69. The fraction of sp³-hybridized carbons (Fsp3) is 0.200. The zero-order valence-electron chi connectivity index (χ0n) is 14.4. The molecule has 134 valence electrons. The Morgan fingerprint density at radius 3 is 2.78 bits per heavy atom. The number of pyridine rings is 1. The normalized spacial score (nSPS) is 13.4. The van der Waals surface area contributed by atoms with Gasteiger partial charge in [0, 0.05) is 37.8 Å². The summed E-state index contributed by atoms with van der Waals surface area (Å²) in [7, 11) is 0. The molecule has 4 rings (SSSR count). The number of fused-ring (bicyclic) bond motifs is 2. The molecule has 1 amide bonds. The Balaban J connectivity index is 1.73. The molecule has 0 saturated heterocycles. The van der Waals surface area contributed by atoms with Crippen LogP contribution in [0.5, 0.6) is 0 Å². The van der Waals surface area contributed by atoms with Crippen molar-refractivity contribution in [3.63, 3.8) is 0 Å². The minimum absolute atomic E-state index is 0.147. The average Bonchev–Trinajstić information content (AvgIpc) is 2.90. The molecule has 0 saturated carbocycles. The summed E-state index contributed by atoms with van der Waals surface area (Å²) in [6.45, 7) is 0.917. The van der Waals surface area contributed by atoms with Gasteiger partial charge in [0.15, 0.2) is 0 Å². The number of nitrogens with zero attached hydrogens (tertiary/aromatic N) is 4. The summed E-state index contributed by atoms with van der Waals surface area (Å²) in [6, 6.07) is 10.8. The van der Waals surface area contributed by atoms with E-state index >= 15 is 0 Å². The fourth-order valence-electron chi connectivity index (χ4n) is 3.10. The third-order valence-electron chi connectivity index (χ3n) is 4.50. The van der Waals surface area contributed by atoms with Crippen LogP contribution in [0.2, 0.25) is 0 Å². The minimum Gasteiger partial charge on any atom is -0.465 e. The lowest BCUT2D eigenvalue weighted by Gasteiger charge is -2.14. The predicted octanol–water partition coefficient (Wildman–Crippen LogP) is 1.73. The Labute approximate surface area is 154 Å². The lowest BCUT2D eigenvalue weighted by Crippen LogP contribution is -2.32. The van der Waals surface area contributed by atoms with Crippen molar-refractivity contribution in [3.05, 3.63) is 70.0 Å². The first-order valence-electron chi connectivity index (χ1n) is 8.56. The number of rotatable bonds is 0. The number of carboxylic acid groups (broad SMARTS) is 1. The highest BCUT2D eigenvalue weighted by Gasteiger charge is 2.20. The zero-order valence-corrected chi connectivity index (χ0v) is 14.4. The molecule has 0 bridgehead atoms. The van der Waals surface area contributed by atoms with Crippen molar-refractivity contribution in [3.8, 4) is 11.8 Å². The van der Waals surface area contributed by atoms with E-state index in [1.807, 2.05) is 18.2 Å². The van der Waals surface area contributed by atoms with Gasteiger partial charge in [0.1, 0.15) is 11.5 Å². The third kappa shape index (κ3) is 3.37. The van der Waals surface area contributed by atoms with Gasteiger partial charge >= 0.3 is 6.09 Å². The first-order chi connectivity index (χ1) is 13.1. The van der Waals surface area contributed by atoms with Crippen LogP contribution in [0, 0.1) is 11.8 Å². The summed E-state index contributed by atoms with van der Waals surface area (Å²) in [5.41, 5.74) is 1.83. The van der Waals surface area contributed by atoms with E-state index in [0.29, 0.717) is 41.9 Å². The Bertz CT molecular complexity index is 1140. The van der Waals surface area contributed by atoms with Crippen molar-refractivity contribution in [2.24, 2.45) is 0 Å². The van der Waals surface area contributed by atoms with E-state index in [9.17, 15) is 14.7 Å². The Morgan fingerprint density at radius 2 is 2.00 bits per heavy atom. The van der Waals surface area contributed by atoms with E-state index in [-0.39, 0.29) is 12.1 Å². The van der Waals surface area contributed by atoms with E-state index in [1.165, 1.54) is 4.90 Å². The minimum atomic E-state index is -0.979. The summed E-state index contributed by atoms with van der Waals surface area (Å²) < 4.78 is 1.57. The Hall–Kier alpha value is -3.66. The van der Waals surface area contributed by atoms with E-state index in [1.54, 1.807) is 29.0 Å². The van der Waals surface area contributed by atoms with Crippen molar-refractivity contribution in [1.29, 1.82) is 0 Å². The highest BCUT2D eigenvalue weighted by Crippen LogP contribution is 2.14. The maximum atomic E-state index is 12.8. The summed E-state index contributed by atoms with van der Waals surface area (Å²) >= 11 is 0. The molecule has 1 aliphatic heterocycles. The maximum absolute atomic E-state index is 12.8. The molecule has 2 aromatic heterocycles. The van der Waals surface area contributed by atoms with Gasteiger partial charge in [-0.3, -0.25) is 9.36 Å². The number of hydrogen-bond donors (Lipinski definition) is 1. The number of amides is 1. The van der Waals surface area contributed by atoms with Crippen LogP contribution in [-0.4, -0.2) is 43.7 Å². The van der Waals surface area contributed by atoms with E-state index < -0.39 is 6.09 Å². The first-order valence-corrected chi connectivity index (χ1v) is 8.56. The van der Waals surface area contributed by atoms with E-state index in [0.717, 1.165) is 5.56 Å². The molecule has 1 aromatic carbocycles. The zero-order chi connectivity index (χ0) is 18.8. The van der Waals surface area contributed by atoms with Crippen LogP contribution in [0.3, 0.4) is 0 Å². The van der Waals surface area contributed by atoms with Gasteiger partial charge < -0.3 is 10.0 Å². The number of hydrogen-bond acceptors (Lipinski definition) is 4. The van der Waals surface area contributed by atoms with Gasteiger partial charge in [0.05, 0.1) is 10.9 Å². The standard InChI is InChI=1S/C20H16N4O3/c25-19-16-7-5-14(4-6-15-3-1-2-9-21-15)13-17(16)22-18-8-10-23(20(26)27)11-12-24(18)19/h1-3,5,7,9,13H,8,10-12H2,(H,26,27). The lowest BCUT2D eigenvalue weighted by atomic mass is 10.1. The van der Waals surface area contributed by atoms with E-state index in [2.05, 4.69) is 21.8 Å². The number of aromatic nitrogens is 3. The van der Waals surface area contributed by atoms with Crippen molar-refractivity contribution >= 4 is 17.0 Å². The third-order valence-corrected chi connectivity index (χ3v) is 4.50. The molecule has 0 unspecified atom stereocenters. The van der Waals surface area contributed by atoms with Crippen LogP contribution >= 0.6 is 0 Å². The largest absolute Gasteiger partial charge is 0.465 e. The second-order valence-corrected chi connectivity index (χ2v) is 6.20. The molecule has 7 heteroatoms. The molecular weight excluding hydrogens is 344 g/mol. The smallest absolute Gasteiger partial charge is 0.407 e. The molecule has 0 radical (unpaired) electrons. The van der Waals surface area contributed by atoms with Gasteiger partial charge in [-0.15, -0.1) is 0 Å². The lowest BCUT2D eigenvalue weighted by molar-refractivity contribution is 0.146. The molecule has 3 heterocycles. The molecule has 0 atom stereocenters. The van der Waals surface area contributed by atoms with Crippen molar-refractivity contribution in [2.45, 2.75) is 13.0 Å². The molecule has 0 aliphatic carbocycles. The molecule has 0 spiro atoms. The first kappa shape index (κ1) is 16.8. The van der Waals surface area contributed by atoms with Gasteiger partial charge in [0.25, 0.3) is 5.56 Å². The molecule has 1 aliphatic rings. The molecule has 1 N–H and O–H groups in total. The molecular formula is C20H16N4O3. The quantitative estimate of drug-likeness (QED) is 0.617. The molecule has 7 nitrogen and oxygen atoms in total.